The summed E-state index contributed by atoms with van der Waals surface area (Å²) in [5, 5.41) is 4.78. The van der Waals surface area contributed by atoms with Gasteiger partial charge in [0, 0.05) is 33.3 Å². The zero-order valence-corrected chi connectivity index (χ0v) is 19.5. The van der Waals surface area contributed by atoms with Crippen LogP contribution < -0.4 is 0 Å². The Bertz CT molecular complexity index is 1970. The number of fused-ring (bicyclic) bond motifs is 12. The third-order valence-corrected chi connectivity index (χ3v) is 7.83. The van der Waals surface area contributed by atoms with Gasteiger partial charge in [0.1, 0.15) is 11.2 Å². The van der Waals surface area contributed by atoms with Gasteiger partial charge in [0.25, 0.3) is 0 Å². The van der Waals surface area contributed by atoms with Gasteiger partial charge in [-0.25, -0.2) is 0 Å². The summed E-state index contributed by atoms with van der Waals surface area (Å²) in [5.41, 5.74) is 10.5. The lowest BCUT2D eigenvalue weighted by atomic mass is 9.80. The van der Waals surface area contributed by atoms with Crippen molar-refractivity contribution in [1.29, 1.82) is 0 Å². The van der Waals surface area contributed by atoms with Gasteiger partial charge in [0.15, 0.2) is 0 Å². The van der Waals surface area contributed by atoms with Gasteiger partial charge in [-0.3, -0.25) is 4.98 Å². The van der Waals surface area contributed by atoms with Crippen LogP contribution in [0.25, 0.3) is 60.6 Å². The molecule has 166 valence electrons. The number of hydrogen-bond acceptors (Lipinski definition) is 2. The van der Waals surface area contributed by atoms with E-state index in [1.165, 1.54) is 49.3 Å². The lowest BCUT2D eigenvalue weighted by molar-refractivity contribution is 0.659. The fraction of sp³-hybridized carbons (Fsp3) is 0.0938. The number of hydrogen-bond donors (Lipinski definition) is 0. The Morgan fingerprint density at radius 3 is 2.40 bits per heavy atom. The average molecular weight is 451 g/mol. The minimum atomic E-state index is -0.165. The molecular formula is C32H22N2O. The molecule has 0 spiro atoms. The Labute approximate surface area is 202 Å². The number of para-hydroxylation sites is 2. The highest BCUT2D eigenvalue weighted by Gasteiger charge is 2.41. The molecule has 3 heteroatoms. The molecule has 3 heterocycles. The molecular weight excluding hydrogens is 428 g/mol. The zero-order valence-electron chi connectivity index (χ0n) is 19.5. The van der Waals surface area contributed by atoms with Crippen LogP contribution in [0.1, 0.15) is 25.0 Å². The Morgan fingerprint density at radius 1 is 0.771 bits per heavy atom. The molecule has 0 saturated carbocycles. The summed E-state index contributed by atoms with van der Waals surface area (Å²) < 4.78 is 9.09. The third kappa shape index (κ3) is 2.23. The van der Waals surface area contributed by atoms with E-state index in [0.29, 0.717) is 0 Å². The van der Waals surface area contributed by atoms with Gasteiger partial charge in [0.2, 0.25) is 0 Å². The van der Waals surface area contributed by atoms with E-state index in [4.69, 9.17) is 4.42 Å². The fourth-order valence-electron chi connectivity index (χ4n) is 6.44. The van der Waals surface area contributed by atoms with Gasteiger partial charge in [0.05, 0.1) is 28.3 Å². The number of rotatable bonds is 1. The van der Waals surface area contributed by atoms with Crippen LogP contribution in [0.4, 0.5) is 0 Å². The minimum Gasteiger partial charge on any atom is -0.455 e. The predicted octanol–water partition coefficient (Wildman–Crippen LogP) is 8.38. The van der Waals surface area contributed by atoms with Gasteiger partial charge in [-0.05, 0) is 41.0 Å². The highest BCUT2D eigenvalue weighted by atomic mass is 16.3. The van der Waals surface area contributed by atoms with E-state index in [9.17, 15) is 0 Å². The molecule has 1 aliphatic rings. The molecule has 1 aliphatic carbocycles. The van der Waals surface area contributed by atoms with Crippen molar-refractivity contribution in [3.8, 4) is 16.8 Å². The van der Waals surface area contributed by atoms with E-state index >= 15 is 0 Å². The second kappa shape index (κ2) is 6.39. The summed E-state index contributed by atoms with van der Waals surface area (Å²) in [6, 6.07) is 30.1. The maximum absolute atomic E-state index is 6.71. The number of benzene rings is 4. The molecule has 0 N–H and O–H groups in total. The van der Waals surface area contributed by atoms with Crippen molar-refractivity contribution in [2.45, 2.75) is 19.3 Å². The van der Waals surface area contributed by atoms with Gasteiger partial charge < -0.3 is 8.98 Å². The van der Waals surface area contributed by atoms with E-state index in [0.717, 1.165) is 22.4 Å². The molecule has 7 aromatic rings. The summed E-state index contributed by atoms with van der Waals surface area (Å²) in [5.74, 6) is 0. The van der Waals surface area contributed by atoms with Crippen molar-refractivity contribution in [2.24, 2.45) is 0 Å². The van der Waals surface area contributed by atoms with Crippen molar-refractivity contribution in [3.05, 3.63) is 108 Å². The molecule has 0 unspecified atom stereocenters. The largest absolute Gasteiger partial charge is 0.455 e. The van der Waals surface area contributed by atoms with Crippen LogP contribution in [0.3, 0.4) is 0 Å². The van der Waals surface area contributed by atoms with Crippen LogP contribution >= 0.6 is 0 Å². The highest BCUT2D eigenvalue weighted by Crippen LogP contribution is 2.57. The number of pyridine rings is 1. The topological polar surface area (TPSA) is 31.0 Å². The third-order valence-electron chi connectivity index (χ3n) is 7.83. The lowest BCUT2D eigenvalue weighted by Crippen LogP contribution is -2.15. The van der Waals surface area contributed by atoms with Gasteiger partial charge >= 0.3 is 0 Å². The quantitative estimate of drug-likeness (QED) is 0.251. The van der Waals surface area contributed by atoms with E-state index in [-0.39, 0.29) is 5.41 Å². The molecule has 8 rings (SSSR count). The Balaban J connectivity index is 1.76. The molecule has 0 saturated heterocycles. The Hall–Kier alpha value is -4.37. The smallest absolute Gasteiger partial charge is 0.145 e. The van der Waals surface area contributed by atoms with Crippen LogP contribution in [0.2, 0.25) is 0 Å². The molecule has 35 heavy (non-hydrogen) atoms. The maximum atomic E-state index is 6.71. The molecule has 4 aromatic carbocycles. The average Bonchev–Trinajstić information content (AvgIpc) is 3.51. The van der Waals surface area contributed by atoms with Gasteiger partial charge in [-0.1, -0.05) is 74.5 Å². The number of aromatic nitrogens is 2. The van der Waals surface area contributed by atoms with Crippen LogP contribution in [0, 0.1) is 0 Å². The van der Waals surface area contributed by atoms with E-state index in [1.807, 2.05) is 18.5 Å². The molecule has 0 fully saturated rings. The predicted molar refractivity (Wildman–Crippen MR) is 143 cm³/mol. The second-order valence-electron chi connectivity index (χ2n) is 10.0. The van der Waals surface area contributed by atoms with Crippen LogP contribution in [-0.4, -0.2) is 9.55 Å². The van der Waals surface area contributed by atoms with E-state index in [2.05, 4.69) is 102 Å². The monoisotopic (exact) mass is 450 g/mol. The summed E-state index contributed by atoms with van der Waals surface area (Å²) in [6.45, 7) is 4.70. The molecule has 3 aromatic heterocycles. The lowest BCUT2D eigenvalue weighted by Gasteiger charge is -2.22. The minimum absolute atomic E-state index is 0.165. The van der Waals surface area contributed by atoms with E-state index < -0.39 is 0 Å². The summed E-state index contributed by atoms with van der Waals surface area (Å²) >= 11 is 0. The first-order chi connectivity index (χ1) is 17.2. The number of furan rings is 1. The van der Waals surface area contributed by atoms with Gasteiger partial charge in [-0.2, -0.15) is 0 Å². The SMILES string of the molecule is CC1(C)c2ccccc2-c2c1c1c3ccccc3oc1c1c3ccccc3n(-c3cccnc3)c21. The summed E-state index contributed by atoms with van der Waals surface area (Å²) in [7, 11) is 0. The molecule has 0 atom stereocenters. The molecule has 0 bridgehead atoms. The molecule has 0 aliphatic heterocycles. The first-order valence-corrected chi connectivity index (χ1v) is 12.1. The zero-order chi connectivity index (χ0) is 23.3. The first-order valence-electron chi connectivity index (χ1n) is 12.1. The maximum Gasteiger partial charge on any atom is 0.145 e. The van der Waals surface area contributed by atoms with Crippen molar-refractivity contribution >= 4 is 43.7 Å². The van der Waals surface area contributed by atoms with Crippen molar-refractivity contribution in [2.75, 3.05) is 0 Å². The number of nitrogens with zero attached hydrogens (tertiary/aromatic N) is 2. The molecule has 0 radical (unpaired) electrons. The Morgan fingerprint density at radius 2 is 1.54 bits per heavy atom. The van der Waals surface area contributed by atoms with Crippen LogP contribution in [0.5, 0.6) is 0 Å². The van der Waals surface area contributed by atoms with E-state index in [1.54, 1.807) is 0 Å². The van der Waals surface area contributed by atoms with Crippen molar-refractivity contribution in [3.63, 3.8) is 0 Å². The first kappa shape index (κ1) is 19.0. The Kier molecular flexibility index (Phi) is 3.47. The molecule has 0 amide bonds. The van der Waals surface area contributed by atoms with Crippen molar-refractivity contribution < 1.29 is 4.42 Å². The second-order valence-corrected chi connectivity index (χ2v) is 10.0. The summed E-state index contributed by atoms with van der Waals surface area (Å²) in [4.78, 5) is 4.47. The molecule has 3 nitrogen and oxygen atoms in total. The van der Waals surface area contributed by atoms with Crippen LogP contribution in [0.15, 0.2) is 102 Å². The summed E-state index contributed by atoms with van der Waals surface area (Å²) in [6.07, 6.45) is 3.78. The standard InChI is InChI=1S/C32H22N2O/c1-32(2)23-14-6-3-11-20(23)26-29(32)27-22-13-5-8-16-25(22)35-31(27)28-21-12-4-7-15-24(21)34(30(26)28)19-10-9-17-33-18-19/h3-18H,1-2H3. The van der Waals surface area contributed by atoms with Crippen molar-refractivity contribution in [1.82, 2.24) is 9.55 Å². The van der Waals surface area contributed by atoms with Crippen LogP contribution in [-0.2, 0) is 5.41 Å². The highest BCUT2D eigenvalue weighted by molar-refractivity contribution is 6.29. The normalized spacial score (nSPS) is 14.2. The van der Waals surface area contributed by atoms with Gasteiger partial charge in [-0.15, -0.1) is 0 Å². The fourth-order valence-corrected chi connectivity index (χ4v) is 6.44.